The summed E-state index contributed by atoms with van der Waals surface area (Å²) in [7, 11) is -4.33. The highest BCUT2D eigenvalue weighted by atomic mass is 32.2. The predicted octanol–water partition coefficient (Wildman–Crippen LogP) is 5.09. The van der Waals surface area contributed by atoms with E-state index in [1.165, 1.54) is 6.08 Å². The molecule has 0 bridgehead atoms. The Bertz CT molecular complexity index is 1800. The first-order valence-electron chi connectivity index (χ1n) is 14.8. The van der Waals surface area contributed by atoms with E-state index in [1.54, 1.807) is 38.1 Å². The SMILES string of the molecule is C=CCN1C(=CC=Cc2n(C/C=C\S(=O)(=O)O)c3cc(C(=O)OCC)ccc3[n+]2CC)N(CC)c2ccc(C(=O)OCC)cc21. The molecule has 1 aliphatic heterocycles. The highest BCUT2D eigenvalue weighted by molar-refractivity contribution is 7.88. The molecule has 0 aliphatic carbocycles. The minimum atomic E-state index is -4.33. The van der Waals surface area contributed by atoms with Gasteiger partial charge in [0.1, 0.15) is 12.4 Å². The lowest BCUT2D eigenvalue weighted by molar-refractivity contribution is -0.670. The van der Waals surface area contributed by atoms with E-state index in [0.29, 0.717) is 36.3 Å². The molecule has 11 nitrogen and oxygen atoms in total. The number of benzene rings is 2. The number of nitrogens with zero attached hydrogens (tertiary/aromatic N) is 4. The molecule has 1 aromatic heterocycles. The van der Waals surface area contributed by atoms with Gasteiger partial charge in [0, 0.05) is 25.2 Å². The topological polar surface area (TPSA) is 122 Å². The quantitative estimate of drug-likeness (QED) is 0.118. The van der Waals surface area contributed by atoms with Crippen molar-refractivity contribution in [2.24, 2.45) is 0 Å². The summed E-state index contributed by atoms with van der Waals surface area (Å²) in [4.78, 5) is 29.2. The van der Waals surface area contributed by atoms with Crippen LogP contribution in [0.4, 0.5) is 11.4 Å². The third kappa shape index (κ3) is 7.18. The molecular weight excluding hydrogens is 596 g/mol. The van der Waals surface area contributed by atoms with Gasteiger partial charge in [0.25, 0.3) is 15.9 Å². The number of carbonyl (C=O) groups is 2. The summed E-state index contributed by atoms with van der Waals surface area (Å²) >= 11 is 0. The first-order valence-corrected chi connectivity index (χ1v) is 16.3. The molecule has 4 rings (SSSR count). The molecule has 2 heterocycles. The highest BCUT2D eigenvalue weighted by Crippen LogP contribution is 2.42. The fourth-order valence-electron chi connectivity index (χ4n) is 5.43. The first kappa shape index (κ1) is 33.2. The summed E-state index contributed by atoms with van der Waals surface area (Å²) in [5, 5.41) is 0.742. The Morgan fingerprint density at radius 1 is 0.933 bits per heavy atom. The molecule has 12 heteroatoms. The van der Waals surface area contributed by atoms with Gasteiger partial charge in [0.15, 0.2) is 11.0 Å². The Kier molecular flexibility index (Phi) is 10.6. The van der Waals surface area contributed by atoms with Crippen LogP contribution in [0.5, 0.6) is 0 Å². The van der Waals surface area contributed by atoms with E-state index in [2.05, 4.69) is 20.9 Å². The average molecular weight is 636 g/mol. The van der Waals surface area contributed by atoms with Crippen LogP contribution in [-0.4, -0.2) is 55.8 Å². The Balaban J connectivity index is 1.83. The second-order valence-corrected chi connectivity index (χ2v) is 11.3. The van der Waals surface area contributed by atoms with Gasteiger partial charge in [-0.1, -0.05) is 12.2 Å². The second-order valence-electron chi connectivity index (χ2n) is 9.98. The molecule has 2 aromatic carbocycles. The van der Waals surface area contributed by atoms with Crippen LogP contribution >= 0.6 is 0 Å². The Morgan fingerprint density at radius 3 is 2.20 bits per heavy atom. The van der Waals surface area contributed by atoms with Crippen LogP contribution in [0.2, 0.25) is 0 Å². The summed E-state index contributed by atoms with van der Waals surface area (Å²) in [6, 6.07) is 10.8. The van der Waals surface area contributed by atoms with Crippen molar-refractivity contribution in [3.05, 3.63) is 95.5 Å². The molecule has 0 spiro atoms. The van der Waals surface area contributed by atoms with Crippen LogP contribution in [-0.2, 0) is 32.7 Å². The Morgan fingerprint density at radius 2 is 1.60 bits per heavy atom. The fraction of sp³-hybridized carbons (Fsp3) is 0.303. The third-order valence-corrected chi connectivity index (χ3v) is 7.77. The van der Waals surface area contributed by atoms with Gasteiger partial charge in [-0.25, -0.2) is 18.7 Å². The van der Waals surface area contributed by atoms with Crippen LogP contribution in [0.15, 0.2) is 78.5 Å². The zero-order valence-corrected chi connectivity index (χ0v) is 26.8. The van der Waals surface area contributed by atoms with Crippen molar-refractivity contribution in [1.29, 1.82) is 0 Å². The molecule has 0 fully saturated rings. The summed E-state index contributed by atoms with van der Waals surface area (Å²) in [5.41, 5.74) is 4.17. The number of esters is 2. The number of hydrogen-bond acceptors (Lipinski definition) is 8. The van der Waals surface area contributed by atoms with E-state index >= 15 is 0 Å². The summed E-state index contributed by atoms with van der Waals surface area (Å²) < 4.78 is 46.4. The molecular formula is C33H39N4O7S+. The molecule has 0 amide bonds. The molecule has 0 saturated heterocycles. The number of fused-ring (bicyclic) bond motifs is 2. The number of imidazole rings is 1. The fourth-order valence-corrected chi connectivity index (χ4v) is 5.76. The molecule has 238 valence electrons. The van der Waals surface area contributed by atoms with E-state index in [4.69, 9.17) is 9.47 Å². The number of allylic oxidation sites excluding steroid dienone is 3. The number of ether oxygens (including phenoxy) is 2. The molecule has 0 atom stereocenters. The number of aryl methyl sites for hydroxylation is 1. The van der Waals surface area contributed by atoms with Gasteiger partial charge >= 0.3 is 11.9 Å². The third-order valence-electron chi connectivity index (χ3n) is 7.23. The maximum Gasteiger partial charge on any atom is 0.338 e. The number of hydrogen-bond donors (Lipinski definition) is 1. The van der Waals surface area contributed by atoms with Crippen LogP contribution in [0.3, 0.4) is 0 Å². The first-order chi connectivity index (χ1) is 21.6. The Labute approximate surface area is 263 Å². The van der Waals surface area contributed by atoms with Gasteiger partial charge in [-0.3, -0.25) is 4.55 Å². The van der Waals surface area contributed by atoms with Crippen molar-refractivity contribution in [2.45, 2.75) is 40.8 Å². The maximum atomic E-state index is 12.5. The van der Waals surface area contributed by atoms with Crippen LogP contribution in [0, 0.1) is 0 Å². The number of anilines is 2. The van der Waals surface area contributed by atoms with E-state index in [1.807, 2.05) is 54.8 Å². The smallest absolute Gasteiger partial charge is 0.338 e. The summed E-state index contributed by atoms with van der Waals surface area (Å²) in [6.45, 7) is 13.9. The lowest BCUT2D eigenvalue weighted by Crippen LogP contribution is -2.35. The van der Waals surface area contributed by atoms with Crippen molar-refractivity contribution in [3.63, 3.8) is 0 Å². The van der Waals surface area contributed by atoms with Crippen LogP contribution in [0.1, 0.15) is 54.2 Å². The standard InChI is InChI=1S/C33H38N4O7S/c1-6-19-36-28-22-24(32(38)43-9-4)15-17-26(28)34(7-2)30(36)13-11-14-31-35(8-3)27-18-16-25(33(39)44-10-5)23-29(27)37(31)20-12-21-45(40,41)42/h6,11-18,21-23H,1,7-10,19-20H2,2-5H3/p+1/b21-12-. The van der Waals surface area contributed by atoms with Crippen molar-refractivity contribution in [1.82, 2.24) is 4.57 Å². The maximum absolute atomic E-state index is 12.5. The van der Waals surface area contributed by atoms with E-state index in [9.17, 15) is 22.6 Å². The van der Waals surface area contributed by atoms with E-state index < -0.39 is 16.1 Å². The zero-order chi connectivity index (χ0) is 32.7. The minimum absolute atomic E-state index is 0.109. The Hall–Kier alpha value is -4.68. The van der Waals surface area contributed by atoms with Crippen LogP contribution < -0.4 is 14.4 Å². The second kappa shape index (κ2) is 14.4. The van der Waals surface area contributed by atoms with Gasteiger partial charge in [0.05, 0.1) is 47.7 Å². The van der Waals surface area contributed by atoms with E-state index in [0.717, 1.165) is 33.9 Å². The number of rotatable bonds is 13. The molecule has 0 unspecified atom stereocenters. The monoisotopic (exact) mass is 635 g/mol. The normalized spacial score (nSPS) is 14.2. The molecule has 0 radical (unpaired) electrons. The van der Waals surface area contributed by atoms with E-state index in [-0.39, 0.29) is 25.7 Å². The molecule has 3 aromatic rings. The van der Waals surface area contributed by atoms with Crippen molar-refractivity contribution in [3.8, 4) is 0 Å². The summed E-state index contributed by atoms with van der Waals surface area (Å²) in [5.74, 6) is 0.778. The highest BCUT2D eigenvalue weighted by Gasteiger charge is 2.30. The molecule has 1 aliphatic rings. The van der Waals surface area contributed by atoms with Gasteiger partial charge in [-0.2, -0.15) is 8.42 Å². The molecule has 1 N–H and O–H groups in total. The molecule has 0 saturated carbocycles. The molecule has 45 heavy (non-hydrogen) atoms. The number of carbonyl (C=O) groups excluding carboxylic acids is 2. The minimum Gasteiger partial charge on any atom is -0.462 e. The van der Waals surface area contributed by atoms with Crippen LogP contribution in [0.25, 0.3) is 17.1 Å². The lowest BCUT2D eigenvalue weighted by Gasteiger charge is -2.23. The van der Waals surface area contributed by atoms with Gasteiger partial charge in [-0.05, 0) is 70.2 Å². The van der Waals surface area contributed by atoms with Gasteiger partial charge < -0.3 is 19.3 Å². The van der Waals surface area contributed by atoms with Crippen molar-refractivity contribution in [2.75, 3.05) is 36.1 Å². The largest absolute Gasteiger partial charge is 0.462 e. The van der Waals surface area contributed by atoms with Crippen molar-refractivity contribution >= 4 is 50.5 Å². The lowest BCUT2D eigenvalue weighted by atomic mass is 10.1. The number of aromatic nitrogens is 2. The van der Waals surface area contributed by atoms with Crippen molar-refractivity contribution < 1.29 is 36.6 Å². The average Bonchev–Trinajstić information content (AvgIpc) is 3.47. The predicted molar refractivity (Wildman–Crippen MR) is 175 cm³/mol. The van der Waals surface area contributed by atoms with Gasteiger partial charge in [0.2, 0.25) is 0 Å². The van der Waals surface area contributed by atoms with Gasteiger partial charge in [-0.15, -0.1) is 6.58 Å². The zero-order valence-electron chi connectivity index (χ0n) is 26.0. The summed E-state index contributed by atoms with van der Waals surface area (Å²) in [6.07, 6.45) is 8.93.